The Morgan fingerprint density at radius 2 is 0.780 bits per heavy atom. The number of aromatic nitrogens is 4. The Morgan fingerprint density at radius 3 is 1.24 bits per heavy atom. The van der Waals surface area contributed by atoms with E-state index in [9.17, 15) is 5.26 Å². The maximum Gasteiger partial charge on any atom is 0.160 e. The fourth-order valence-corrected chi connectivity index (χ4v) is 6.13. The lowest BCUT2D eigenvalue weighted by atomic mass is 9.92. The van der Waals surface area contributed by atoms with Crippen LogP contribution in [0.1, 0.15) is 5.56 Å². The van der Waals surface area contributed by atoms with Gasteiger partial charge in [0.25, 0.3) is 0 Å². The lowest BCUT2D eigenvalue weighted by Crippen LogP contribution is -2.01. The predicted octanol–water partition coefficient (Wildman–Crippen LogP) is 10.8. The first-order chi connectivity index (χ1) is 24.7. The van der Waals surface area contributed by atoms with Crippen molar-refractivity contribution in [3.05, 3.63) is 182 Å². The minimum Gasteiger partial charge on any atom is -0.256 e. The number of pyridine rings is 2. The molecule has 0 N–H and O–H groups in total. The van der Waals surface area contributed by atoms with E-state index in [0.717, 1.165) is 61.5 Å². The molecule has 8 aromatic rings. The summed E-state index contributed by atoms with van der Waals surface area (Å²) in [5.74, 6) is 0.560. The Kier molecular flexibility index (Phi) is 8.25. The minimum atomic E-state index is 0.426. The van der Waals surface area contributed by atoms with E-state index >= 15 is 0 Å². The lowest BCUT2D eigenvalue weighted by Gasteiger charge is -2.15. The number of benzene rings is 5. The summed E-state index contributed by atoms with van der Waals surface area (Å²) in [7, 11) is 0. The molecule has 0 amide bonds. The summed E-state index contributed by atoms with van der Waals surface area (Å²) in [4.78, 5) is 19.1. The van der Waals surface area contributed by atoms with E-state index in [-0.39, 0.29) is 0 Å². The number of rotatable bonds is 7. The van der Waals surface area contributed by atoms with Crippen LogP contribution in [0.2, 0.25) is 0 Å². The van der Waals surface area contributed by atoms with E-state index in [1.54, 1.807) is 12.4 Å². The molecule has 50 heavy (non-hydrogen) atoms. The van der Waals surface area contributed by atoms with Crippen LogP contribution in [0.4, 0.5) is 0 Å². The van der Waals surface area contributed by atoms with Gasteiger partial charge in [-0.2, -0.15) is 5.26 Å². The SMILES string of the molecule is N#Cc1c(-c2ccccc2)nc(-c2ccccc2)nc1-c1cc(-c2ccc(-c3ccccn3)cc2)cc(-c2ccc(-c3ccccn3)cc2)c1. The molecular weight excluding hydrogens is 611 g/mol. The van der Waals surface area contributed by atoms with Crippen LogP contribution in [0.15, 0.2) is 176 Å². The summed E-state index contributed by atoms with van der Waals surface area (Å²) >= 11 is 0. The quantitative estimate of drug-likeness (QED) is 0.173. The van der Waals surface area contributed by atoms with Crippen LogP contribution in [0.3, 0.4) is 0 Å². The number of hydrogen-bond donors (Lipinski definition) is 0. The molecule has 0 aliphatic carbocycles. The van der Waals surface area contributed by atoms with Gasteiger partial charge in [0.1, 0.15) is 11.6 Å². The first kappa shape index (κ1) is 30.3. The highest BCUT2D eigenvalue weighted by Crippen LogP contribution is 2.37. The fourth-order valence-electron chi connectivity index (χ4n) is 6.13. The third-order valence-corrected chi connectivity index (χ3v) is 8.66. The maximum atomic E-state index is 10.7. The summed E-state index contributed by atoms with van der Waals surface area (Å²) in [5, 5.41) is 10.7. The van der Waals surface area contributed by atoms with Crippen molar-refractivity contribution in [2.45, 2.75) is 0 Å². The first-order valence-electron chi connectivity index (χ1n) is 16.4. The molecule has 0 saturated heterocycles. The molecular formula is C45H29N5. The second kappa shape index (κ2) is 13.6. The van der Waals surface area contributed by atoms with Crippen molar-refractivity contribution in [1.29, 1.82) is 5.26 Å². The maximum absolute atomic E-state index is 10.7. The Morgan fingerprint density at radius 1 is 0.360 bits per heavy atom. The molecule has 0 aliphatic rings. The number of nitriles is 1. The van der Waals surface area contributed by atoms with E-state index in [2.05, 4.69) is 82.8 Å². The zero-order valence-corrected chi connectivity index (χ0v) is 27.0. The summed E-state index contributed by atoms with van der Waals surface area (Å²) in [6.07, 6.45) is 3.61. The monoisotopic (exact) mass is 639 g/mol. The summed E-state index contributed by atoms with van der Waals surface area (Å²) in [5.41, 5.74) is 12.2. The highest BCUT2D eigenvalue weighted by molar-refractivity contribution is 5.86. The van der Waals surface area contributed by atoms with Gasteiger partial charge in [-0.25, -0.2) is 9.97 Å². The third-order valence-electron chi connectivity index (χ3n) is 8.66. The molecule has 5 nitrogen and oxygen atoms in total. The van der Waals surface area contributed by atoms with Crippen molar-refractivity contribution >= 4 is 0 Å². The van der Waals surface area contributed by atoms with Crippen molar-refractivity contribution in [2.75, 3.05) is 0 Å². The Bertz CT molecular complexity index is 2340. The molecule has 234 valence electrons. The van der Waals surface area contributed by atoms with Crippen LogP contribution in [-0.2, 0) is 0 Å². The van der Waals surface area contributed by atoms with Gasteiger partial charge in [-0.1, -0.05) is 121 Å². The molecule has 8 rings (SSSR count). The van der Waals surface area contributed by atoms with Crippen molar-refractivity contribution in [1.82, 2.24) is 19.9 Å². The van der Waals surface area contributed by atoms with E-state index in [1.807, 2.05) is 97.1 Å². The normalized spacial score (nSPS) is 10.8. The molecule has 0 spiro atoms. The molecule has 0 bridgehead atoms. The predicted molar refractivity (Wildman–Crippen MR) is 200 cm³/mol. The third kappa shape index (κ3) is 6.17. The molecule has 0 radical (unpaired) electrons. The van der Waals surface area contributed by atoms with Crippen molar-refractivity contribution in [3.63, 3.8) is 0 Å². The summed E-state index contributed by atoms with van der Waals surface area (Å²) in [6.45, 7) is 0. The molecule has 5 heteroatoms. The second-order valence-corrected chi connectivity index (χ2v) is 11.8. The van der Waals surface area contributed by atoms with E-state index in [0.29, 0.717) is 22.8 Å². The van der Waals surface area contributed by atoms with Gasteiger partial charge in [-0.15, -0.1) is 0 Å². The van der Waals surface area contributed by atoms with Gasteiger partial charge in [0, 0.05) is 40.2 Å². The zero-order valence-electron chi connectivity index (χ0n) is 27.0. The van der Waals surface area contributed by atoms with Crippen molar-refractivity contribution < 1.29 is 0 Å². The van der Waals surface area contributed by atoms with Crippen molar-refractivity contribution in [2.24, 2.45) is 0 Å². The molecule has 0 saturated carbocycles. The van der Waals surface area contributed by atoms with Gasteiger partial charge < -0.3 is 0 Å². The fraction of sp³-hybridized carbons (Fsp3) is 0. The topological polar surface area (TPSA) is 75.3 Å². The molecule has 0 unspecified atom stereocenters. The van der Waals surface area contributed by atoms with Gasteiger partial charge in [0.05, 0.1) is 22.8 Å². The van der Waals surface area contributed by atoms with Crippen LogP contribution in [0.5, 0.6) is 0 Å². The number of nitrogens with zero attached hydrogens (tertiary/aromatic N) is 5. The van der Waals surface area contributed by atoms with Gasteiger partial charge in [0.15, 0.2) is 5.82 Å². The average Bonchev–Trinajstić information content (AvgIpc) is 3.21. The van der Waals surface area contributed by atoms with E-state index in [4.69, 9.17) is 9.97 Å². The molecule has 3 heterocycles. The zero-order chi connectivity index (χ0) is 33.7. The Balaban J connectivity index is 1.32. The summed E-state index contributed by atoms with van der Waals surface area (Å²) < 4.78 is 0. The van der Waals surface area contributed by atoms with Gasteiger partial charge in [-0.05, 0) is 64.7 Å². The smallest absolute Gasteiger partial charge is 0.160 e. The van der Waals surface area contributed by atoms with Crippen LogP contribution < -0.4 is 0 Å². The minimum absolute atomic E-state index is 0.426. The second-order valence-electron chi connectivity index (χ2n) is 11.8. The molecule has 3 aromatic heterocycles. The van der Waals surface area contributed by atoms with Crippen LogP contribution in [-0.4, -0.2) is 19.9 Å². The van der Waals surface area contributed by atoms with Gasteiger partial charge in [0.2, 0.25) is 0 Å². The van der Waals surface area contributed by atoms with Crippen LogP contribution >= 0.6 is 0 Å². The van der Waals surface area contributed by atoms with Crippen molar-refractivity contribution in [3.8, 4) is 84.7 Å². The number of hydrogen-bond acceptors (Lipinski definition) is 5. The van der Waals surface area contributed by atoms with Gasteiger partial charge >= 0.3 is 0 Å². The Hall–Kier alpha value is -7.03. The standard InChI is InChI=1S/C45H29N5/c46-30-40-43(35-11-3-1-4-12-35)49-45(36-13-5-2-6-14-36)50-44(40)39-28-37(31-17-21-33(22-18-31)41-15-7-9-25-47-41)27-38(29-39)32-19-23-34(24-20-32)42-16-8-10-26-48-42/h1-29H. The largest absolute Gasteiger partial charge is 0.256 e. The highest BCUT2D eigenvalue weighted by Gasteiger charge is 2.20. The van der Waals surface area contributed by atoms with Crippen LogP contribution in [0, 0.1) is 11.3 Å². The first-order valence-corrected chi connectivity index (χ1v) is 16.4. The molecule has 0 aliphatic heterocycles. The highest BCUT2D eigenvalue weighted by atomic mass is 14.9. The lowest BCUT2D eigenvalue weighted by molar-refractivity contribution is 1.17. The van der Waals surface area contributed by atoms with Crippen LogP contribution in [0.25, 0.3) is 78.7 Å². The molecule has 5 aromatic carbocycles. The average molecular weight is 640 g/mol. The van der Waals surface area contributed by atoms with E-state index in [1.165, 1.54) is 0 Å². The van der Waals surface area contributed by atoms with E-state index < -0.39 is 0 Å². The summed E-state index contributed by atoms with van der Waals surface area (Å²) in [6, 6.07) is 57.4. The molecule has 0 atom stereocenters. The Labute approximate surface area is 290 Å². The molecule has 0 fully saturated rings. The van der Waals surface area contributed by atoms with Gasteiger partial charge in [-0.3, -0.25) is 9.97 Å².